The van der Waals surface area contributed by atoms with Crippen molar-refractivity contribution < 1.29 is 26.7 Å². The van der Waals surface area contributed by atoms with Gasteiger partial charge in [0.05, 0.1) is 17.9 Å². The van der Waals surface area contributed by atoms with Gasteiger partial charge in [-0.3, -0.25) is 4.90 Å². The largest absolute Gasteiger partial charge is 0.416 e. The molecule has 2 atom stereocenters. The Balaban J connectivity index is 2.13. The molecule has 1 heterocycles. The molecule has 1 aliphatic heterocycles. The smallest absolute Gasteiger partial charge is 0.392 e. The molecule has 1 saturated heterocycles. The second kappa shape index (κ2) is 6.76. The van der Waals surface area contributed by atoms with Crippen molar-refractivity contribution in [2.45, 2.75) is 24.7 Å². The van der Waals surface area contributed by atoms with Crippen molar-refractivity contribution in [2.75, 3.05) is 25.9 Å². The number of nitrogens with one attached hydrogen (secondary N) is 1. The van der Waals surface area contributed by atoms with Gasteiger partial charge in [0, 0.05) is 25.7 Å². The molecule has 1 aromatic carbocycles. The van der Waals surface area contributed by atoms with Crippen molar-refractivity contribution in [2.24, 2.45) is 0 Å². The Kier molecular flexibility index (Phi) is 5.34. The second-order valence-corrected chi connectivity index (χ2v) is 7.52. The molecule has 5 nitrogen and oxygen atoms in total. The van der Waals surface area contributed by atoms with Crippen LogP contribution in [0.2, 0.25) is 0 Å². The van der Waals surface area contributed by atoms with E-state index >= 15 is 0 Å². The molecule has 2 rings (SSSR count). The van der Waals surface area contributed by atoms with Gasteiger partial charge in [-0.2, -0.15) is 13.2 Å². The average molecular weight is 352 g/mol. The number of benzene rings is 1. The Bertz CT molecular complexity index is 649. The monoisotopic (exact) mass is 352 g/mol. The zero-order valence-electron chi connectivity index (χ0n) is 12.5. The summed E-state index contributed by atoms with van der Waals surface area (Å²) < 4.78 is 63.0. The summed E-state index contributed by atoms with van der Waals surface area (Å²) in [5.74, 6) is 0. The minimum atomic E-state index is -4.42. The van der Waals surface area contributed by atoms with Crippen LogP contribution in [0.25, 0.3) is 0 Å². The van der Waals surface area contributed by atoms with Gasteiger partial charge in [-0.25, -0.2) is 13.1 Å². The molecule has 9 heteroatoms. The molecule has 23 heavy (non-hydrogen) atoms. The lowest BCUT2D eigenvalue weighted by Gasteiger charge is -2.25. The third-order valence-corrected chi connectivity index (χ3v) is 4.47. The van der Waals surface area contributed by atoms with Gasteiger partial charge in [0.15, 0.2) is 0 Å². The molecule has 1 fully saturated rings. The Labute approximate surface area is 133 Å². The maximum Gasteiger partial charge on any atom is 0.416 e. The number of aliphatic hydroxyl groups is 1. The molecule has 1 aliphatic rings. The summed E-state index contributed by atoms with van der Waals surface area (Å²) in [6.07, 6.45) is -3.71. The zero-order valence-corrected chi connectivity index (χ0v) is 13.4. The van der Waals surface area contributed by atoms with E-state index in [0.29, 0.717) is 25.1 Å². The molecule has 2 N–H and O–H groups in total. The number of sulfonamides is 1. The van der Waals surface area contributed by atoms with Gasteiger partial charge in [-0.15, -0.1) is 0 Å². The summed E-state index contributed by atoms with van der Waals surface area (Å²) in [6, 6.07) is 4.66. The van der Waals surface area contributed by atoms with Crippen LogP contribution in [0, 0.1) is 0 Å². The van der Waals surface area contributed by atoms with Gasteiger partial charge in [-0.05, 0) is 24.1 Å². The van der Waals surface area contributed by atoms with Crippen LogP contribution in [0.1, 0.15) is 23.6 Å². The summed E-state index contributed by atoms with van der Waals surface area (Å²) in [5.41, 5.74) is -0.263. The van der Waals surface area contributed by atoms with Crippen LogP contribution in [0.3, 0.4) is 0 Å². The highest BCUT2D eigenvalue weighted by molar-refractivity contribution is 7.88. The Morgan fingerprint density at radius 2 is 2.09 bits per heavy atom. The van der Waals surface area contributed by atoms with Gasteiger partial charge in [-0.1, -0.05) is 12.1 Å². The first-order valence-corrected chi connectivity index (χ1v) is 8.99. The maximum absolute atomic E-state index is 12.8. The van der Waals surface area contributed by atoms with Crippen LogP contribution in [0.5, 0.6) is 0 Å². The molecule has 0 spiro atoms. The van der Waals surface area contributed by atoms with Crippen molar-refractivity contribution in [3.05, 3.63) is 35.4 Å². The van der Waals surface area contributed by atoms with Gasteiger partial charge >= 0.3 is 6.18 Å². The normalized spacial score (nSPS) is 23.3. The molecule has 0 aliphatic carbocycles. The molecular formula is C14H19F3N2O3S. The second-order valence-electron chi connectivity index (χ2n) is 5.69. The molecule has 0 aromatic heterocycles. The lowest BCUT2D eigenvalue weighted by Crippen LogP contribution is -2.35. The first-order valence-electron chi connectivity index (χ1n) is 7.10. The van der Waals surface area contributed by atoms with Crippen molar-refractivity contribution in [3.8, 4) is 0 Å². The van der Waals surface area contributed by atoms with Crippen LogP contribution in [-0.2, 0) is 16.2 Å². The molecule has 0 bridgehead atoms. The minimum Gasteiger partial charge on any atom is -0.392 e. The lowest BCUT2D eigenvalue weighted by molar-refractivity contribution is -0.137. The Morgan fingerprint density at radius 1 is 1.39 bits per heavy atom. The molecule has 0 amide bonds. The number of hydrogen-bond acceptors (Lipinski definition) is 4. The van der Waals surface area contributed by atoms with E-state index in [9.17, 15) is 26.7 Å². The number of nitrogens with zero attached hydrogens (tertiary/aromatic N) is 1. The third kappa shape index (κ3) is 5.17. The number of hydrogen-bond donors (Lipinski definition) is 2. The first kappa shape index (κ1) is 18.2. The van der Waals surface area contributed by atoms with Gasteiger partial charge in [0.1, 0.15) is 0 Å². The topological polar surface area (TPSA) is 69.6 Å². The highest BCUT2D eigenvalue weighted by Crippen LogP contribution is 2.35. The maximum atomic E-state index is 12.8. The number of likely N-dealkylation sites (tertiary alicyclic amines) is 1. The van der Waals surface area contributed by atoms with E-state index in [1.54, 1.807) is 11.0 Å². The zero-order chi connectivity index (χ0) is 17.3. The molecule has 0 saturated carbocycles. The van der Waals surface area contributed by atoms with E-state index in [1.807, 2.05) is 0 Å². The fraction of sp³-hybridized carbons (Fsp3) is 0.571. The standard InChI is InChI=1S/C14H19F3N2O3S/c1-23(21,22)18-5-6-19-9-12(20)8-13(19)10-3-2-4-11(7-10)14(15,16)17/h2-4,7,12-13,18,20H,5-6,8-9H2,1H3/t12-,13-/m0/s1. The Morgan fingerprint density at radius 3 is 2.70 bits per heavy atom. The van der Waals surface area contributed by atoms with E-state index in [4.69, 9.17) is 0 Å². The SMILES string of the molecule is CS(=O)(=O)NCCN1C[C@@H](O)C[C@H]1c1cccc(C(F)(F)F)c1. The summed E-state index contributed by atoms with van der Waals surface area (Å²) in [7, 11) is -3.33. The van der Waals surface area contributed by atoms with E-state index in [1.165, 1.54) is 6.07 Å². The molecule has 130 valence electrons. The molecule has 1 aromatic rings. The van der Waals surface area contributed by atoms with E-state index in [0.717, 1.165) is 18.4 Å². The third-order valence-electron chi connectivity index (χ3n) is 3.74. The summed E-state index contributed by atoms with van der Waals surface area (Å²) >= 11 is 0. The van der Waals surface area contributed by atoms with Gasteiger partial charge in [0.2, 0.25) is 10.0 Å². The molecule has 0 unspecified atom stereocenters. The van der Waals surface area contributed by atoms with Crippen LogP contribution in [0.15, 0.2) is 24.3 Å². The average Bonchev–Trinajstić information content (AvgIpc) is 2.78. The van der Waals surface area contributed by atoms with Crippen LogP contribution >= 0.6 is 0 Å². The van der Waals surface area contributed by atoms with Crippen molar-refractivity contribution in [3.63, 3.8) is 0 Å². The van der Waals surface area contributed by atoms with E-state index < -0.39 is 27.9 Å². The summed E-state index contributed by atoms with van der Waals surface area (Å²) in [5, 5.41) is 9.82. The minimum absolute atomic E-state index is 0.140. The van der Waals surface area contributed by atoms with Crippen molar-refractivity contribution in [1.82, 2.24) is 9.62 Å². The van der Waals surface area contributed by atoms with E-state index in [-0.39, 0.29) is 12.6 Å². The summed E-state index contributed by atoms with van der Waals surface area (Å²) in [4.78, 5) is 1.79. The van der Waals surface area contributed by atoms with Gasteiger partial charge in [0.25, 0.3) is 0 Å². The van der Waals surface area contributed by atoms with E-state index in [2.05, 4.69) is 4.72 Å². The first-order chi connectivity index (χ1) is 10.6. The van der Waals surface area contributed by atoms with Crippen molar-refractivity contribution >= 4 is 10.0 Å². The van der Waals surface area contributed by atoms with Gasteiger partial charge < -0.3 is 5.11 Å². The number of halogens is 3. The van der Waals surface area contributed by atoms with Crippen LogP contribution in [0.4, 0.5) is 13.2 Å². The predicted molar refractivity (Wildman–Crippen MR) is 79.2 cm³/mol. The highest BCUT2D eigenvalue weighted by atomic mass is 32.2. The Hall–Kier alpha value is -1.16. The van der Waals surface area contributed by atoms with Crippen LogP contribution < -0.4 is 4.72 Å². The molecular weight excluding hydrogens is 333 g/mol. The van der Waals surface area contributed by atoms with Crippen LogP contribution in [-0.4, -0.2) is 50.4 Å². The number of aliphatic hydroxyl groups excluding tert-OH is 1. The fourth-order valence-corrected chi connectivity index (χ4v) is 3.23. The van der Waals surface area contributed by atoms with Crippen molar-refractivity contribution in [1.29, 1.82) is 0 Å². The predicted octanol–water partition coefficient (Wildman–Crippen LogP) is 1.36. The number of β-amino-alcohol motifs (C(OH)–C–C–N with tert-alkyl or cyclic N) is 1. The lowest BCUT2D eigenvalue weighted by atomic mass is 10.0. The molecule has 0 radical (unpaired) electrons. The highest BCUT2D eigenvalue weighted by Gasteiger charge is 2.35. The number of rotatable bonds is 5. The fourth-order valence-electron chi connectivity index (χ4n) is 2.77. The summed E-state index contributed by atoms with van der Waals surface area (Å²) in [6.45, 7) is 0.748. The quantitative estimate of drug-likeness (QED) is 0.840. The number of alkyl halides is 3.